The zero-order valence-corrected chi connectivity index (χ0v) is 6.52. The van der Waals surface area contributed by atoms with Crippen LogP contribution in [0.15, 0.2) is 16.8 Å². The van der Waals surface area contributed by atoms with Gasteiger partial charge >= 0.3 is 0 Å². The van der Waals surface area contributed by atoms with Gasteiger partial charge in [0.1, 0.15) is 0 Å². The Balaban J connectivity index is 2.58. The van der Waals surface area contributed by atoms with Gasteiger partial charge in [0.05, 0.1) is 0 Å². The summed E-state index contributed by atoms with van der Waals surface area (Å²) in [7, 11) is -2.30. The second-order valence-electron chi connectivity index (χ2n) is 1.70. The second-order valence-corrected chi connectivity index (χ2v) is 3.62. The van der Waals surface area contributed by atoms with Crippen LogP contribution in [-0.2, 0) is 10.7 Å². The first-order chi connectivity index (χ1) is 4.29. The van der Waals surface area contributed by atoms with Gasteiger partial charge in [0.15, 0.2) is 8.03 Å². The Kier molecular flexibility index (Phi) is 2.46. The fraction of sp³-hybridized carbons (Fsp3) is 0.200. The van der Waals surface area contributed by atoms with Crippen molar-refractivity contribution in [3.8, 4) is 0 Å². The molecule has 0 fully saturated rings. The summed E-state index contributed by atoms with van der Waals surface area (Å²) in [6, 6.07) is 1.86. The molecule has 1 rings (SSSR count). The first-order valence-electron chi connectivity index (χ1n) is 2.52. The first kappa shape index (κ1) is 7.00. The second kappa shape index (κ2) is 3.16. The topological polar surface area (TPSA) is 37.3 Å². The standard InChI is InChI=1S/C5H7O2PS/c6-8(7)3-5-1-2-9-4-5/h1-2,4,8H,3H2,(H,6,7). The van der Waals surface area contributed by atoms with Gasteiger partial charge in [-0.1, -0.05) is 0 Å². The first-order valence-corrected chi connectivity index (χ1v) is 5.02. The molecule has 1 atom stereocenters. The van der Waals surface area contributed by atoms with Gasteiger partial charge in [-0.3, -0.25) is 4.57 Å². The molecule has 0 saturated heterocycles. The van der Waals surface area contributed by atoms with E-state index < -0.39 is 8.03 Å². The molecule has 4 heteroatoms. The van der Waals surface area contributed by atoms with Crippen molar-refractivity contribution >= 4 is 19.4 Å². The Morgan fingerprint density at radius 2 is 2.56 bits per heavy atom. The van der Waals surface area contributed by atoms with Gasteiger partial charge in [-0.05, 0) is 22.4 Å². The van der Waals surface area contributed by atoms with Gasteiger partial charge in [-0.2, -0.15) is 11.3 Å². The van der Waals surface area contributed by atoms with Crippen molar-refractivity contribution in [1.29, 1.82) is 0 Å². The highest BCUT2D eigenvalue weighted by Crippen LogP contribution is 2.22. The van der Waals surface area contributed by atoms with Crippen molar-refractivity contribution in [3.05, 3.63) is 22.4 Å². The van der Waals surface area contributed by atoms with Crippen LogP contribution in [0, 0.1) is 0 Å². The molecule has 2 nitrogen and oxygen atoms in total. The van der Waals surface area contributed by atoms with E-state index in [0.717, 1.165) is 5.56 Å². The fourth-order valence-corrected chi connectivity index (χ4v) is 1.95. The Morgan fingerprint density at radius 1 is 1.78 bits per heavy atom. The minimum absolute atomic E-state index is 0.328. The van der Waals surface area contributed by atoms with Crippen LogP contribution in [-0.4, -0.2) is 4.89 Å². The molecule has 0 aromatic carbocycles. The lowest BCUT2D eigenvalue weighted by atomic mass is 10.4. The van der Waals surface area contributed by atoms with Gasteiger partial charge in [-0.15, -0.1) is 0 Å². The molecular weight excluding hydrogens is 155 g/mol. The molecular formula is C5H7O2PS. The van der Waals surface area contributed by atoms with Crippen molar-refractivity contribution in [1.82, 2.24) is 0 Å². The van der Waals surface area contributed by atoms with E-state index in [2.05, 4.69) is 0 Å². The van der Waals surface area contributed by atoms with Crippen molar-refractivity contribution in [3.63, 3.8) is 0 Å². The molecule has 1 N–H and O–H groups in total. The highest BCUT2D eigenvalue weighted by molar-refractivity contribution is 7.37. The number of thiophene rings is 1. The lowest BCUT2D eigenvalue weighted by molar-refractivity contribution is 0.502. The molecule has 0 saturated carbocycles. The Labute approximate surface area is 58.0 Å². The van der Waals surface area contributed by atoms with Crippen LogP contribution in [0.4, 0.5) is 0 Å². The van der Waals surface area contributed by atoms with Crippen LogP contribution in [0.3, 0.4) is 0 Å². The van der Waals surface area contributed by atoms with E-state index in [1.54, 1.807) is 11.3 Å². The van der Waals surface area contributed by atoms with Crippen LogP contribution in [0.5, 0.6) is 0 Å². The third kappa shape index (κ3) is 2.31. The molecule has 0 amide bonds. The van der Waals surface area contributed by atoms with Crippen LogP contribution in [0.25, 0.3) is 0 Å². The van der Waals surface area contributed by atoms with Crippen LogP contribution >= 0.6 is 19.4 Å². The van der Waals surface area contributed by atoms with E-state index in [4.69, 9.17) is 4.89 Å². The maximum absolute atomic E-state index is 10.3. The van der Waals surface area contributed by atoms with E-state index in [1.807, 2.05) is 16.8 Å². The number of rotatable bonds is 2. The van der Waals surface area contributed by atoms with Crippen molar-refractivity contribution in [2.75, 3.05) is 0 Å². The smallest absolute Gasteiger partial charge is 0.193 e. The average Bonchev–Trinajstić information content (AvgIpc) is 2.15. The van der Waals surface area contributed by atoms with Gasteiger partial charge in [0.2, 0.25) is 0 Å². The van der Waals surface area contributed by atoms with E-state index in [0.29, 0.717) is 6.16 Å². The largest absolute Gasteiger partial charge is 0.346 e. The van der Waals surface area contributed by atoms with Gasteiger partial charge in [-0.25, -0.2) is 0 Å². The molecule has 9 heavy (non-hydrogen) atoms. The highest BCUT2D eigenvalue weighted by atomic mass is 32.1. The minimum atomic E-state index is -2.30. The summed E-state index contributed by atoms with van der Waals surface area (Å²) >= 11 is 1.55. The van der Waals surface area contributed by atoms with E-state index >= 15 is 0 Å². The highest BCUT2D eigenvalue weighted by Gasteiger charge is 1.95. The number of hydrogen-bond acceptors (Lipinski definition) is 2. The third-order valence-electron chi connectivity index (χ3n) is 0.935. The van der Waals surface area contributed by atoms with Gasteiger partial charge in [0.25, 0.3) is 0 Å². The maximum Gasteiger partial charge on any atom is 0.193 e. The Morgan fingerprint density at radius 3 is 3.00 bits per heavy atom. The fourth-order valence-electron chi connectivity index (χ4n) is 0.568. The summed E-state index contributed by atoms with van der Waals surface area (Å²) in [5.74, 6) is 0. The normalized spacial score (nSPS) is 13.4. The summed E-state index contributed by atoms with van der Waals surface area (Å²) in [6.07, 6.45) is 0.328. The quantitative estimate of drug-likeness (QED) is 0.672. The molecule has 0 radical (unpaired) electrons. The molecule has 0 aliphatic rings. The number of hydrogen-bond donors (Lipinski definition) is 1. The molecule has 0 aliphatic carbocycles. The zero-order valence-electron chi connectivity index (χ0n) is 4.70. The lowest BCUT2D eigenvalue weighted by Crippen LogP contribution is -1.70. The molecule has 50 valence electrons. The van der Waals surface area contributed by atoms with E-state index in [-0.39, 0.29) is 0 Å². The third-order valence-corrected chi connectivity index (χ3v) is 2.38. The Bertz CT molecular complexity index is 195. The van der Waals surface area contributed by atoms with Crippen molar-refractivity contribution < 1.29 is 9.46 Å². The van der Waals surface area contributed by atoms with Crippen LogP contribution < -0.4 is 0 Å². The zero-order chi connectivity index (χ0) is 6.69. The predicted octanol–water partition coefficient (Wildman–Crippen LogP) is 1.72. The molecule has 1 unspecified atom stereocenters. The molecule has 1 heterocycles. The Hall–Kier alpha value is -0.110. The van der Waals surface area contributed by atoms with Crippen LogP contribution in [0.1, 0.15) is 5.56 Å². The molecule has 0 spiro atoms. The SMILES string of the molecule is O=[PH](O)Cc1ccsc1. The molecule has 1 aromatic rings. The van der Waals surface area contributed by atoms with E-state index in [9.17, 15) is 4.57 Å². The van der Waals surface area contributed by atoms with Gasteiger partial charge < -0.3 is 4.89 Å². The van der Waals surface area contributed by atoms with E-state index in [1.165, 1.54) is 0 Å². The molecule has 0 bridgehead atoms. The summed E-state index contributed by atoms with van der Waals surface area (Å²) in [5.41, 5.74) is 0.964. The van der Waals surface area contributed by atoms with Crippen molar-refractivity contribution in [2.45, 2.75) is 6.16 Å². The molecule has 0 aliphatic heterocycles. The van der Waals surface area contributed by atoms with Crippen molar-refractivity contribution in [2.24, 2.45) is 0 Å². The summed E-state index contributed by atoms with van der Waals surface area (Å²) in [5, 5.41) is 3.79. The van der Waals surface area contributed by atoms with Gasteiger partial charge in [0, 0.05) is 6.16 Å². The predicted molar refractivity (Wildman–Crippen MR) is 39.2 cm³/mol. The average molecular weight is 162 g/mol. The van der Waals surface area contributed by atoms with Crippen LogP contribution in [0.2, 0.25) is 0 Å². The lowest BCUT2D eigenvalue weighted by Gasteiger charge is -1.87. The minimum Gasteiger partial charge on any atom is -0.346 e. The molecule has 1 aromatic heterocycles. The summed E-state index contributed by atoms with van der Waals surface area (Å²) < 4.78 is 10.3. The maximum atomic E-state index is 10.3. The summed E-state index contributed by atoms with van der Waals surface area (Å²) in [4.78, 5) is 8.48. The summed E-state index contributed by atoms with van der Waals surface area (Å²) in [6.45, 7) is 0. The monoisotopic (exact) mass is 162 g/mol.